The number of nitrogens with one attached hydrogen (secondary N) is 2. The van der Waals surface area contributed by atoms with Crippen LogP contribution < -0.4 is 10.6 Å². The van der Waals surface area contributed by atoms with Crippen LogP contribution in [0.1, 0.15) is 63.0 Å². The topological polar surface area (TPSA) is 61.4 Å². The molecule has 4 rings (SSSR count). The van der Waals surface area contributed by atoms with Gasteiger partial charge >= 0.3 is 0 Å². The third-order valence-electron chi connectivity index (χ3n) is 7.26. The van der Waals surface area contributed by atoms with E-state index in [-0.39, 0.29) is 23.1 Å². The SMILES string of the molecule is CC(C)C(=O)Nc1cccc(C2CCN(CCCNC(=O)C3(c4ccc(Cl)cc4)CC3)CC2)c1. The lowest BCUT2D eigenvalue weighted by atomic mass is 9.89. The lowest BCUT2D eigenvalue weighted by molar-refractivity contribution is -0.123. The summed E-state index contributed by atoms with van der Waals surface area (Å²) in [4.78, 5) is 27.3. The van der Waals surface area contributed by atoms with Gasteiger partial charge in [-0.2, -0.15) is 0 Å². The van der Waals surface area contributed by atoms with E-state index in [0.29, 0.717) is 17.5 Å². The second-order valence-corrected chi connectivity index (χ2v) is 10.5. The molecule has 2 aromatic carbocycles. The van der Waals surface area contributed by atoms with Gasteiger partial charge in [-0.15, -0.1) is 0 Å². The van der Waals surface area contributed by atoms with Gasteiger partial charge < -0.3 is 15.5 Å². The number of hydrogen-bond acceptors (Lipinski definition) is 3. The summed E-state index contributed by atoms with van der Waals surface area (Å²) < 4.78 is 0. The molecule has 1 aliphatic carbocycles. The first-order chi connectivity index (χ1) is 16.4. The number of anilines is 1. The number of nitrogens with zero attached hydrogens (tertiary/aromatic N) is 1. The highest BCUT2D eigenvalue weighted by atomic mass is 35.5. The van der Waals surface area contributed by atoms with Crippen molar-refractivity contribution >= 4 is 29.1 Å². The number of likely N-dealkylation sites (tertiary alicyclic amines) is 1. The van der Waals surface area contributed by atoms with Gasteiger partial charge in [0.2, 0.25) is 11.8 Å². The number of hydrogen-bond donors (Lipinski definition) is 2. The predicted octanol–water partition coefficient (Wildman–Crippen LogP) is 5.35. The van der Waals surface area contributed by atoms with Gasteiger partial charge in [0.1, 0.15) is 0 Å². The minimum Gasteiger partial charge on any atom is -0.355 e. The van der Waals surface area contributed by atoms with Crippen LogP contribution >= 0.6 is 11.6 Å². The third kappa shape index (κ3) is 6.00. The fourth-order valence-electron chi connectivity index (χ4n) is 4.86. The van der Waals surface area contributed by atoms with Crippen molar-refractivity contribution < 1.29 is 9.59 Å². The van der Waals surface area contributed by atoms with Crippen molar-refractivity contribution in [2.24, 2.45) is 5.92 Å². The van der Waals surface area contributed by atoms with E-state index < -0.39 is 0 Å². The zero-order chi connectivity index (χ0) is 24.1. The highest BCUT2D eigenvalue weighted by Gasteiger charge is 2.50. The van der Waals surface area contributed by atoms with Crippen LogP contribution in [0.2, 0.25) is 5.02 Å². The van der Waals surface area contributed by atoms with Gasteiger partial charge in [0.05, 0.1) is 5.41 Å². The number of carbonyl (C=O) groups is 2. The van der Waals surface area contributed by atoms with E-state index in [2.05, 4.69) is 27.7 Å². The molecule has 0 bridgehead atoms. The molecular weight excluding hydrogens is 446 g/mol. The van der Waals surface area contributed by atoms with Crippen LogP contribution in [-0.2, 0) is 15.0 Å². The molecule has 2 aliphatic rings. The normalized spacial score (nSPS) is 18.0. The molecule has 1 heterocycles. The van der Waals surface area contributed by atoms with Crippen molar-refractivity contribution in [3.8, 4) is 0 Å². The maximum Gasteiger partial charge on any atom is 0.230 e. The zero-order valence-corrected chi connectivity index (χ0v) is 21.0. The van der Waals surface area contributed by atoms with Crippen molar-refractivity contribution in [3.63, 3.8) is 0 Å². The fourth-order valence-corrected chi connectivity index (χ4v) is 4.99. The van der Waals surface area contributed by atoms with Crippen molar-refractivity contribution in [2.75, 3.05) is 31.5 Å². The van der Waals surface area contributed by atoms with Crippen molar-refractivity contribution in [1.82, 2.24) is 10.2 Å². The maximum absolute atomic E-state index is 12.8. The molecule has 34 heavy (non-hydrogen) atoms. The molecule has 0 aromatic heterocycles. The number of benzene rings is 2. The van der Waals surface area contributed by atoms with E-state index in [9.17, 15) is 9.59 Å². The van der Waals surface area contributed by atoms with Gasteiger partial charge in [0, 0.05) is 23.2 Å². The number of carbonyl (C=O) groups excluding carboxylic acids is 2. The molecule has 5 nitrogen and oxygen atoms in total. The van der Waals surface area contributed by atoms with Crippen LogP contribution in [0, 0.1) is 5.92 Å². The average Bonchev–Trinajstić information content (AvgIpc) is 3.65. The van der Waals surface area contributed by atoms with E-state index in [4.69, 9.17) is 11.6 Å². The van der Waals surface area contributed by atoms with E-state index in [1.54, 1.807) is 0 Å². The molecule has 1 saturated carbocycles. The molecule has 2 N–H and O–H groups in total. The van der Waals surface area contributed by atoms with Gasteiger partial charge in [-0.05, 0) is 93.0 Å². The van der Waals surface area contributed by atoms with Crippen LogP contribution in [0.3, 0.4) is 0 Å². The summed E-state index contributed by atoms with van der Waals surface area (Å²) in [5.41, 5.74) is 2.93. The lowest BCUT2D eigenvalue weighted by Crippen LogP contribution is -2.38. The first-order valence-corrected chi connectivity index (χ1v) is 12.9. The van der Waals surface area contributed by atoms with Gasteiger partial charge in [0.25, 0.3) is 0 Å². The summed E-state index contributed by atoms with van der Waals surface area (Å²) in [7, 11) is 0. The van der Waals surface area contributed by atoms with Crippen LogP contribution in [0.4, 0.5) is 5.69 Å². The molecule has 0 spiro atoms. The monoisotopic (exact) mass is 481 g/mol. The van der Waals surface area contributed by atoms with E-state index in [0.717, 1.165) is 63.0 Å². The largest absolute Gasteiger partial charge is 0.355 e. The van der Waals surface area contributed by atoms with Gasteiger partial charge in [-0.3, -0.25) is 9.59 Å². The Morgan fingerprint density at radius 2 is 1.79 bits per heavy atom. The lowest BCUT2D eigenvalue weighted by Gasteiger charge is -2.32. The summed E-state index contributed by atoms with van der Waals surface area (Å²) >= 11 is 6.00. The van der Waals surface area contributed by atoms with Crippen LogP contribution in [0.5, 0.6) is 0 Å². The first kappa shape index (κ1) is 24.7. The maximum atomic E-state index is 12.8. The molecule has 2 amide bonds. The fraction of sp³-hybridized carbons (Fsp3) is 0.500. The minimum absolute atomic E-state index is 0.0241. The first-order valence-electron chi connectivity index (χ1n) is 12.5. The van der Waals surface area contributed by atoms with Crippen LogP contribution in [-0.4, -0.2) is 42.9 Å². The number of piperidine rings is 1. The Hall–Kier alpha value is -2.37. The summed E-state index contributed by atoms with van der Waals surface area (Å²) in [6.07, 6.45) is 5.03. The molecule has 2 aromatic rings. The molecule has 1 aliphatic heterocycles. The Morgan fingerprint density at radius 3 is 2.44 bits per heavy atom. The molecule has 1 saturated heterocycles. The predicted molar refractivity (Wildman–Crippen MR) is 138 cm³/mol. The molecule has 6 heteroatoms. The van der Waals surface area contributed by atoms with Crippen molar-refractivity contribution in [2.45, 2.75) is 57.3 Å². The molecule has 0 atom stereocenters. The molecule has 2 fully saturated rings. The quantitative estimate of drug-likeness (QED) is 0.474. The Kier molecular flexibility index (Phi) is 7.95. The van der Waals surface area contributed by atoms with Crippen LogP contribution in [0.15, 0.2) is 48.5 Å². The highest BCUT2D eigenvalue weighted by molar-refractivity contribution is 6.30. The van der Waals surface area contributed by atoms with E-state index in [1.807, 2.05) is 50.2 Å². The minimum atomic E-state index is -0.341. The van der Waals surface area contributed by atoms with Gasteiger partial charge in [-0.1, -0.05) is 49.7 Å². The Balaban J connectivity index is 1.18. The van der Waals surface area contributed by atoms with Gasteiger partial charge in [-0.25, -0.2) is 0 Å². The van der Waals surface area contributed by atoms with Gasteiger partial charge in [0.15, 0.2) is 0 Å². The number of halogens is 1. The molecule has 182 valence electrons. The summed E-state index contributed by atoms with van der Waals surface area (Å²) in [6.45, 7) is 7.66. The number of amides is 2. The van der Waals surface area contributed by atoms with Crippen molar-refractivity contribution in [3.05, 3.63) is 64.7 Å². The molecular formula is C28H36ClN3O2. The average molecular weight is 482 g/mol. The third-order valence-corrected chi connectivity index (χ3v) is 7.51. The Bertz CT molecular complexity index is 993. The zero-order valence-electron chi connectivity index (χ0n) is 20.3. The summed E-state index contributed by atoms with van der Waals surface area (Å²) in [6, 6.07) is 16.0. The standard InChI is InChI=1S/C28H36ClN3O2/c1-20(2)26(33)31-25-6-3-5-22(19-25)21-11-17-32(18-12-21)16-4-15-30-27(34)28(13-14-28)23-7-9-24(29)10-8-23/h3,5-10,19-21H,4,11-18H2,1-2H3,(H,30,34)(H,31,33). The Labute approximate surface area is 208 Å². The Morgan fingerprint density at radius 1 is 1.09 bits per heavy atom. The second-order valence-electron chi connectivity index (χ2n) is 10.1. The summed E-state index contributed by atoms with van der Waals surface area (Å²) in [5.74, 6) is 0.711. The van der Waals surface area contributed by atoms with E-state index >= 15 is 0 Å². The van der Waals surface area contributed by atoms with Crippen molar-refractivity contribution in [1.29, 1.82) is 0 Å². The molecule has 0 radical (unpaired) electrons. The second kappa shape index (κ2) is 10.9. The highest BCUT2D eigenvalue weighted by Crippen LogP contribution is 2.48. The summed E-state index contributed by atoms with van der Waals surface area (Å²) in [5, 5.41) is 6.88. The van der Waals surface area contributed by atoms with E-state index in [1.165, 1.54) is 5.56 Å². The smallest absolute Gasteiger partial charge is 0.230 e. The number of rotatable bonds is 9. The van der Waals surface area contributed by atoms with Crippen LogP contribution in [0.25, 0.3) is 0 Å². The molecule has 0 unspecified atom stereocenters.